The number of rotatable bonds is 5. The fraction of sp³-hybridized carbons (Fsp3) is 0.625. The van der Waals surface area contributed by atoms with Gasteiger partial charge in [-0.3, -0.25) is 19.3 Å². The van der Waals surface area contributed by atoms with E-state index in [1.807, 2.05) is 36.9 Å². The Morgan fingerprint density at radius 3 is 2.39 bits per heavy atom. The van der Waals surface area contributed by atoms with Crippen LogP contribution in [0.5, 0.6) is 0 Å². The zero-order chi connectivity index (χ0) is 22.0. The molecule has 3 fully saturated rings. The van der Waals surface area contributed by atoms with Crippen LogP contribution in [-0.4, -0.2) is 65.5 Å². The van der Waals surface area contributed by atoms with Crippen molar-refractivity contribution in [3.05, 3.63) is 35.9 Å². The lowest BCUT2D eigenvalue weighted by Crippen LogP contribution is -2.60. The first-order valence-corrected chi connectivity index (χ1v) is 11.5. The zero-order valence-corrected chi connectivity index (χ0v) is 18.5. The molecule has 2 saturated heterocycles. The number of carbonyl (C=O) groups excluding carboxylic acids is 3. The first-order chi connectivity index (χ1) is 14.9. The van der Waals surface area contributed by atoms with Gasteiger partial charge in [0.25, 0.3) is 5.91 Å². The van der Waals surface area contributed by atoms with E-state index in [0.717, 1.165) is 19.3 Å². The summed E-state index contributed by atoms with van der Waals surface area (Å²) in [7, 11) is 0. The molecule has 0 bridgehead atoms. The summed E-state index contributed by atoms with van der Waals surface area (Å²) in [6, 6.07) is 8.39. The summed E-state index contributed by atoms with van der Waals surface area (Å²) in [6.45, 7) is 5.91. The van der Waals surface area contributed by atoms with E-state index in [0.29, 0.717) is 44.0 Å². The number of benzene rings is 1. The summed E-state index contributed by atoms with van der Waals surface area (Å²) in [5.41, 5.74) is -0.301. The van der Waals surface area contributed by atoms with Gasteiger partial charge in [0.15, 0.2) is 0 Å². The van der Waals surface area contributed by atoms with Gasteiger partial charge in [0.2, 0.25) is 11.8 Å². The number of nitrogens with zero attached hydrogens (tertiary/aromatic N) is 2. The van der Waals surface area contributed by atoms with Gasteiger partial charge in [0.1, 0.15) is 11.8 Å². The maximum absolute atomic E-state index is 13.5. The van der Waals surface area contributed by atoms with Crippen LogP contribution in [0.15, 0.2) is 30.3 Å². The third-order valence-corrected chi connectivity index (χ3v) is 6.80. The standard InChI is InChI=1S/C24H33N3O4/c1-17(2)15-25-21(28)20-16-31-24(27(20)23(30)19-7-4-3-5-8-19)11-13-26(14-12-24)22(29)18-9-6-10-18/h3-5,7-8,17-18,20H,6,9-16H2,1-2H3,(H,25,28)/t20-/m0/s1. The molecule has 1 saturated carbocycles. The lowest BCUT2D eigenvalue weighted by Gasteiger charge is -2.45. The number of nitrogens with one attached hydrogen (secondary N) is 1. The van der Waals surface area contributed by atoms with E-state index < -0.39 is 11.8 Å². The highest BCUT2D eigenvalue weighted by Gasteiger charge is 2.54. The Kier molecular flexibility index (Phi) is 6.32. The molecule has 0 radical (unpaired) electrons. The van der Waals surface area contributed by atoms with Gasteiger partial charge < -0.3 is 15.0 Å². The van der Waals surface area contributed by atoms with Crippen molar-refractivity contribution < 1.29 is 19.1 Å². The maximum Gasteiger partial charge on any atom is 0.256 e. The molecule has 3 amide bonds. The minimum atomic E-state index is -0.844. The first kappa shape index (κ1) is 21.8. The lowest BCUT2D eigenvalue weighted by molar-refractivity contribution is -0.149. The fourth-order valence-corrected chi connectivity index (χ4v) is 4.70. The summed E-state index contributed by atoms with van der Waals surface area (Å²) in [6.07, 6.45) is 4.14. The van der Waals surface area contributed by atoms with Crippen LogP contribution in [-0.2, 0) is 14.3 Å². The van der Waals surface area contributed by atoms with Crippen LogP contribution in [0.2, 0.25) is 0 Å². The van der Waals surface area contributed by atoms with Crippen LogP contribution >= 0.6 is 0 Å². The van der Waals surface area contributed by atoms with Crippen LogP contribution in [0.25, 0.3) is 0 Å². The van der Waals surface area contributed by atoms with Crippen LogP contribution in [0.4, 0.5) is 0 Å². The van der Waals surface area contributed by atoms with E-state index in [1.54, 1.807) is 17.0 Å². The van der Waals surface area contributed by atoms with Crippen molar-refractivity contribution in [2.45, 2.75) is 57.7 Å². The van der Waals surface area contributed by atoms with Crippen molar-refractivity contribution in [3.8, 4) is 0 Å². The molecule has 31 heavy (non-hydrogen) atoms. The highest BCUT2D eigenvalue weighted by molar-refractivity contribution is 5.98. The van der Waals surface area contributed by atoms with Crippen molar-refractivity contribution in [2.75, 3.05) is 26.2 Å². The molecular weight excluding hydrogens is 394 g/mol. The summed E-state index contributed by atoms with van der Waals surface area (Å²) in [5.74, 6) is 0.338. The topological polar surface area (TPSA) is 79.0 Å². The van der Waals surface area contributed by atoms with E-state index in [-0.39, 0.29) is 30.2 Å². The Balaban J connectivity index is 1.54. The van der Waals surface area contributed by atoms with Crippen LogP contribution in [0.3, 0.4) is 0 Å². The monoisotopic (exact) mass is 427 g/mol. The van der Waals surface area contributed by atoms with Crippen molar-refractivity contribution in [3.63, 3.8) is 0 Å². The number of hydrogen-bond donors (Lipinski definition) is 1. The number of amides is 3. The second kappa shape index (κ2) is 8.99. The molecule has 7 nitrogen and oxygen atoms in total. The second-order valence-corrected chi connectivity index (χ2v) is 9.41. The minimum absolute atomic E-state index is 0.162. The quantitative estimate of drug-likeness (QED) is 0.783. The Bertz CT molecular complexity index is 813. The van der Waals surface area contributed by atoms with Crippen molar-refractivity contribution in [2.24, 2.45) is 11.8 Å². The van der Waals surface area contributed by atoms with Gasteiger partial charge in [-0.05, 0) is 30.9 Å². The summed E-state index contributed by atoms with van der Waals surface area (Å²) in [5, 5.41) is 2.96. The Labute approximate surface area is 184 Å². The van der Waals surface area contributed by atoms with E-state index >= 15 is 0 Å². The molecule has 168 valence electrons. The predicted molar refractivity (Wildman–Crippen MR) is 116 cm³/mol. The van der Waals surface area contributed by atoms with Crippen molar-refractivity contribution in [1.82, 2.24) is 15.1 Å². The molecule has 1 atom stereocenters. The molecule has 0 unspecified atom stereocenters. The van der Waals surface area contributed by atoms with E-state index in [4.69, 9.17) is 4.74 Å². The van der Waals surface area contributed by atoms with E-state index in [9.17, 15) is 14.4 Å². The number of hydrogen-bond acceptors (Lipinski definition) is 4. The van der Waals surface area contributed by atoms with Gasteiger partial charge in [-0.2, -0.15) is 0 Å². The van der Waals surface area contributed by atoms with E-state index in [2.05, 4.69) is 5.32 Å². The Hall–Kier alpha value is -2.41. The fourth-order valence-electron chi connectivity index (χ4n) is 4.70. The molecule has 0 aromatic heterocycles. The predicted octanol–water partition coefficient (Wildman–Crippen LogP) is 2.42. The molecular formula is C24H33N3O4. The highest BCUT2D eigenvalue weighted by Crippen LogP contribution is 2.39. The van der Waals surface area contributed by atoms with E-state index in [1.165, 1.54) is 0 Å². The lowest BCUT2D eigenvalue weighted by atomic mass is 9.83. The summed E-state index contributed by atoms with van der Waals surface area (Å²) >= 11 is 0. The Morgan fingerprint density at radius 1 is 1.13 bits per heavy atom. The van der Waals surface area contributed by atoms with Gasteiger partial charge in [0.05, 0.1) is 6.61 Å². The molecule has 4 rings (SSSR count). The Morgan fingerprint density at radius 2 is 1.81 bits per heavy atom. The summed E-state index contributed by atoms with van der Waals surface area (Å²) in [4.78, 5) is 42.8. The number of ether oxygens (including phenoxy) is 1. The molecule has 1 aliphatic carbocycles. The normalized spacial score (nSPS) is 23.1. The average Bonchev–Trinajstić information content (AvgIpc) is 3.10. The molecule has 1 N–H and O–H groups in total. The van der Waals surface area contributed by atoms with Crippen molar-refractivity contribution >= 4 is 17.7 Å². The highest BCUT2D eigenvalue weighted by atomic mass is 16.5. The maximum atomic E-state index is 13.5. The molecule has 2 aliphatic heterocycles. The third kappa shape index (κ3) is 4.33. The van der Waals surface area contributed by atoms with Crippen LogP contribution < -0.4 is 5.32 Å². The second-order valence-electron chi connectivity index (χ2n) is 9.41. The van der Waals surface area contributed by atoms with Gasteiger partial charge in [-0.25, -0.2) is 0 Å². The molecule has 1 aromatic carbocycles. The molecule has 2 heterocycles. The number of likely N-dealkylation sites (tertiary alicyclic amines) is 1. The minimum Gasteiger partial charge on any atom is -0.354 e. The largest absolute Gasteiger partial charge is 0.354 e. The first-order valence-electron chi connectivity index (χ1n) is 11.5. The molecule has 1 spiro atoms. The van der Waals surface area contributed by atoms with Gasteiger partial charge >= 0.3 is 0 Å². The zero-order valence-electron chi connectivity index (χ0n) is 18.5. The average molecular weight is 428 g/mol. The van der Waals surface area contributed by atoms with Crippen molar-refractivity contribution in [1.29, 1.82) is 0 Å². The van der Waals surface area contributed by atoms with Gasteiger partial charge in [-0.15, -0.1) is 0 Å². The van der Waals surface area contributed by atoms with Crippen LogP contribution in [0.1, 0.15) is 56.3 Å². The van der Waals surface area contributed by atoms with Gasteiger partial charge in [-0.1, -0.05) is 38.5 Å². The number of carbonyl (C=O) groups is 3. The SMILES string of the molecule is CC(C)CNC(=O)[C@@H]1COC2(CCN(C(=O)C3CCC3)CC2)N1C(=O)c1ccccc1. The molecule has 3 aliphatic rings. The summed E-state index contributed by atoms with van der Waals surface area (Å²) < 4.78 is 6.21. The van der Waals surface area contributed by atoms with Crippen LogP contribution in [0, 0.1) is 11.8 Å². The molecule has 7 heteroatoms. The number of piperidine rings is 1. The van der Waals surface area contributed by atoms with Gasteiger partial charge in [0, 0.05) is 44.0 Å². The third-order valence-electron chi connectivity index (χ3n) is 6.80. The molecule has 1 aromatic rings. The smallest absolute Gasteiger partial charge is 0.256 e.